The van der Waals surface area contributed by atoms with Crippen LogP contribution in [0.15, 0.2) is 18.3 Å². The van der Waals surface area contributed by atoms with Crippen molar-refractivity contribution >= 4 is 11.6 Å². The molecular weight excluding hydrogens is 228 g/mol. The van der Waals surface area contributed by atoms with Gasteiger partial charge < -0.3 is 10.1 Å². The van der Waals surface area contributed by atoms with Gasteiger partial charge in [-0.05, 0) is 18.9 Å². The Morgan fingerprint density at radius 2 is 2.06 bits per heavy atom. The van der Waals surface area contributed by atoms with Crippen LogP contribution in [0.5, 0.6) is 5.88 Å². The lowest BCUT2D eigenvalue weighted by molar-refractivity contribution is -0.126. The average molecular weight is 248 g/mol. The van der Waals surface area contributed by atoms with Crippen LogP contribution in [0.3, 0.4) is 0 Å². The highest BCUT2D eigenvalue weighted by Gasteiger charge is 2.34. The Balaban J connectivity index is 2.01. The second kappa shape index (κ2) is 5.38. The molecule has 1 aromatic heterocycles. The van der Waals surface area contributed by atoms with Crippen LogP contribution in [0, 0.1) is 5.41 Å². The number of methoxy groups -OCH3 is 1. The summed E-state index contributed by atoms with van der Waals surface area (Å²) in [7, 11) is 1.57. The third-order valence-corrected chi connectivity index (χ3v) is 3.71. The zero-order chi connectivity index (χ0) is 13.0. The molecule has 0 spiro atoms. The number of carbonyl (C=O) groups is 1. The van der Waals surface area contributed by atoms with Crippen molar-refractivity contribution < 1.29 is 9.53 Å². The van der Waals surface area contributed by atoms with E-state index in [0.717, 1.165) is 31.4 Å². The van der Waals surface area contributed by atoms with Crippen LogP contribution in [0.2, 0.25) is 0 Å². The standard InChI is InChI=1S/C14H20N2O2/c1-14(8-4-3-5-9-14)13(17)16-11-6-7-12(18-2)15-10-11/h6-7,10H,3-5,8-9H2,1-2H3,(H,16,17). The Morgan fingerprint density at radius 3 is 2.61 bits per heavy atom. The first kappa shape index (κ1) is 12.9. The van der Waals surface area contributed by atoms with Crippen molar-refractivity contribution in [1.82, 2.24) is 4.98 Å². The van der Waals surface area contributed by atoms with Crippen molar-refractivity contribution in [2.45, 2.75) is 39.0 Å². The molecule has 4 nitrogen and oxygen atoms in total. The van der Waals surface area contributed by atoms with Crippen molar-refractivity contribution in [3.63, 3.8) is 0 Å². The fourth-order valence-electron chi connectivity index (χ4n) is 2.42. The summed E-state index contributed by atoms with van der Waals surface area (Å²) < 4.78 is 4.99. The molecule has 0 radical (unpaired) electrons. The van der Waals surface area contributed by atoms with Gasteiger partial charge in [-0.15, -0.1) is 0 Å². The van der Waals surface area contributed by atoms with Gasteiger partial charge in [-0.2, -0.15) is 0 Å². The minimum Gasteiger partial charge on any atom is -0.481 e. The lowest BCUT2D eigenvalue weighted by atomic mass is 9.75. The highest BCUT2D eigenvalue weighted by atomic mass is 16.5. The van der Waals surface area contributed by atoms with E-state index in [2.05, 4.69) is 17.2 Å². The zero-order valence-electron chi connectivity index (χ0n) is 11.0. The molecule has 18 heavy (non-hydrogen) atoms. The van der Waals surface area contributed by atoms with Crippen LogP contribution < -0.4 is 10.1 Å². The normalized spacial score (nSPS) is 18.1. The van der Waals surface area contributed by atoms with Crippen LogP contribution in [0.25, 0.3) is 0 Å². The summed E-state index contributed by atoms with van der Waals surface area (Å²) in [4.78, 5) is 16.4. The van der Waals surface area contributed by atoms with Gasteiger partial charge in [0.2, 0.25) is 11.8 Å². The van der Waals surface area contributed by atoms with Gasteiger partial charge in [-0.25, -0.2) is 4.98 Å². The predicted octanol–water partition coefficient (Wildman–Crippen LogP) is 3.00. The Hall–Kier alpha value is -1.58. The molecule has 4 heteroatoms. The summed E-state index contributed by atoms with van der Waals surface area (Å²) in [6, 6.07) is 3.56. The number of hydrogen-bond donors (Lipinski definition) is 1. The number of aromatic nitrogens is 1. The van der Waals surface area contributed by atoms with Gasteiger partial charge in [-0.1, -0.05) is 26.2 Å². The monoisotopic (exact) mass is 248 g/mol. The number of amides is 1. The molecule has 1 saturated carbocycles. The van der Waals surface area contributed by atoms with E-state index in [0.29, 0.717) is 5.88 Å². The van der Waals surface area contributed by atoms with Gasteiger partial charge in [0.1, 0.15) is 0 Å². The van der Waals surface area contributed by atoms with Gasteiger partial charge in [0.15, 0.2) is 0 Å². The zero-order valence-corrected chi connectivity index (χ0v) is 11.0. The molecule has 98 valence electrons. The smallest absolute Gasteiger partial charge is 0.230 e. The van der Waals surface area contributed by atoms with E-state index in [1.54, 1.807) is 19.4 Å². The Morgan fingerprint density at radius 1 is 1.33 bits per heavy atom. The largest absolute Gasteiger partial charge is 0.481 e. The van der Waals surface area contributed by atoms with Crippen LogP contribution >= 0.6 is 0 Å². The number of ether oxygens (including phenoxy) is 1. The molecule has 1 N–H and O–H groups in total. The molecule has 1 aromatic rings. The molecule has 1 aliphatic rings. The molecule has 0 aromatic carbocycles. The number of nitrogens with one attached hydrogen (secondary N) is 1. The second-order valence-corrected chi connectivity index (χ2v) is 5.16. The maximum atomic E-state index is 12.3. The summed E-state index contributed by atoms with van der Waals surface area (Å²) >= 11 is 0. The summed E-state index contributed by atoms with van der Waals surface area (Å²) in [6.45, 7) is 2.05. The van der Waals surface area contributed by atoms with E-state index in [4.69, 9.17) is 4.74 Å². The van der Waals surface area contributed by atoms with Gasteiger partial charge in [0.05, 0.1) is 19.0 Å². The number of carbonyl (C=O) groups excluding carboxylic acids is 1. The van der Waals surface area contributed by atoms with Crippen molar-refractivity contribution in [2.75, 3.05) is 12.4 Å². The van der Waals surface area contributed by atoms with Gasteiger partial charge in [0, 0.05) is 11.5 Å². The number of anilines is 1. The molecule has 1 fully saturated rings. The molecule has 2 rings (SSSR count). The Labute approximate surface area is 108 Å². The minimum atomic E-state index is -0.224. The minimum absolute atomic E-state index is 0.106. The van der Waals surface area contributed by atoms with E-state index >= 15 is 0 Å². The fraction of sp³-hybridized carbons (Fsp3) is 0.571. The van der Waals surface area contributed by atoms with Crippen LogP contribution in [0.4, 0.5) is 5.69 Å². The molecule has 0 atom stereocenters. The van der Waals surface area contributed by atoms with E-state index in [1.807, 2.05) is 6.07 Å². The summed E-state index contributed by atoms with van der Waals surface area (Å²) in [5.74, 6) is 0.658. The second-order valence-electron chi connectivity index (χ2n) is 5.16. The molecule has 1 aliphatic carbocycles. The van der Waals surface area contributed by atoms with Crippen molar-refractivity contribution in [1.29, 1.82) is 0 Å². The molecule has 0 aliphatic heterocycles. The number of pyridine rings is 1. The maximum absolute atomic E-state index is 12.3. The van der Waals surface area contributed by atoms with Crippen LogP contribution in [-0.4, -0.2) is 18.0 Å². The van der Waals surface area contributed by atoms with Crippen LogP contribution in [0.1, 0.15) is 39.0 Å². The first-order valence-corrected chi connectivity index (χ1v) is 6.45. The molecule has 0 saturated heterocycles. The van der Waals surface area contributed by atoms with E-state index < -0.39 is 0 Å². The van der Waals surface area contributed by atoms with Gasteiger partial charge in [-0.3, -0.25) is 4.79 Å². The molecule has 0 bridgehead atoms. The summed E-state index contributed by atoms with van der Waals surface area (Å²) in [5.41, 5.74) is 0.505. The van der Waals surface area contributed by atoms with E-state index in [9.17, 15) is 4.79 Å². The van der Waals surface area contributed by atoms with Crippen molar-refractivity contribution in [3.05, 3.63) is 18.3 Å². The fourth-order valence-corrected chi connectivity index (χ4v) is 2.42. The number of nitrogens with zero attached hydrogens (tertiary/aromatic N) is 1. The predicted molar refractivity (Wildman–Crippen MR) is 70.6 cm³/mol. The maximum Gasteiger partial charge on any atom is 0.230 e. The highest BCUT2D eigenvalue weighted by Crippen LogP contribution is 2.36. The molecule has 1 amide bonds. The summed E-state index contributed by atoms with van der Waals surface area (Å²) in [5, 5.41) is 2.95. The van der Waals surface area contributed by atoms with Gasteiger partial charge >= 0.3 is 0 Å². The topological polar surface area (TPSA) is 51.2 Å². The number of rotatable bonds is 3. The van der Waals surface area contributed by atoms with Crippen molar-refractivity contribution in [3.8, 4) is 5.88 Å². The Bertz CT molecular complexity index is 408. The lowest BCUT2D eigenvalue weighted by Crippen LogP contribution is -2.35. The van der Waals surface area contributed by atoms with Gasteiger partial charge in [0.25, 0.3) is 0 Å². The third-order valence-electron chi connectivity index (χ3n) is 3.71. The Kier molecular flexibility index (Phi) is 3.84. The van der Waals surface area contributed by atoms with E-state index in [-0.39, 0.29) is 11.3 Å². The summed E-state index contributed by atoms with van der Waals surface area (Å²) in [6.07, 6.45) is 7.11. The lowest BCUT2D eigenvalue weighted by Gasteiger charge is -2.31. The number of hydrogen-bond acceptors (Lipinski definition) is 3. The third kappa shape index (κ3) is 2.81. The SMILES string of the molecule is COc1ccc(NC(=O)C2(C)CCCCC2)cn1. The van der Waals surface area contributed by atoms with E-state index in [1.165, 1.54) is 6.42 Å². The highest BCUT2D eigenvalue weighted by molar-refractivity contribution is 5.94. The molecule has 0 unspecified atom stereocenters. The quantitative estimate of drug-likeness (QED) is 0.894. The first-order chi connectivity index (χ1) is 8.64. The molecule has 1 heterocycles. The van der Waals surface area contributed by atoms with Crippen molar-refractivity contribution in [2.24, 2.45) is 5.41 Å². The first-order valence-electron chi connectivity index (χ1n) is 6.45. The van der Waals surface area contributed by atoms with Crippen LogP contribution in [-0.2, 0) is 4.79 Å². The molecular formula is C14H20N2O2. The average Bonchev–Trinajstić information content (AvgIpc) is 2.40.